The fourth-order valence-corrected chi connectivity index (χ4v) is 4.09. The number of anilines is 2. The molecular formula is C21H33N3O2Si. The van der Waals surface area contributed by atoms with Gasteiger partial charge in [-0.2, -0.15) is 5.10 Å². The van der Waals surface area contributed by atoms with E-state index in [1.54, 1.807) is 0 Å². The summed E-state index contributed by atoms with van der Waals surface area (Å²) in [7, 11) is -1.81. The molecule has 0 atom stereocenters. The first-order valence-corrected chi connectivity index (χ1v) is 12.8. The third kappa shape index (κ3) is 4.55. The number of nitrogens with zero attached hydrogens (tertiary/aromatic N) is 2. The second-order valence-corrected chi connectivity index (χ2v) is 13.7. The maximum atomic E-state index is 6.36. The minimum atomic E-state index is -1.81. The van der Waals surface area contributed by atoms with Gasteiger partial charge in [0.1, 0.15) is 5.75 Å². The molecule has 2 aromatic rings. The van der Waals surface area contributed by atoms with Crippen LogP contribution in [0.15, 0.2) is 30.5 Å². The normalized spacial score (nSPS) is 16.4. The molecule has 0 unspecified atom stereocenters. The van der Waals surface area contributed by atoms with Crippen LogP contribution in [0.1, 0.15) is 45.3 Å². The molecule has 27 heavy (non-hydrogen) atoms. The van der Waals surface area contributed by atoms with E-state index in [1.807, 2.05) is 6.20 Å². The van der Waals surface area contributed by atoms with Crippen molar-refractivity contribution in [3.63, 3.8) is 0 Å². The first-order valence-electron chi connectivity index (χ1n) is 9.85. The van der Waals surface area contributed by atoms with Crippen LogP contribution in [0.2, 0.25) is 18.1 Å². The van der Waals surface area contributed by atoms with E-state index in [0.717, 1.165) is 43.2 Å². The molecule has 6 heteroatoms. The fourth-order valence-electron chi connectivity index (χ4n) is 3.05. The Morgan fingerprint density at radius 1 is 1.15 bits per heavy atom. The van der Waals surface area contributed by atoms with Crippen LogP contribution in [0, 0.1) is 6.92 Å². The number of ether oxygens (including phenoxy) is 1. The van der Waals surface area contributed by atoms with Crippen LogP contribution >= 0.6 is 0 Å². The number of aromatic nitrogens is 2. The highest BCUT2D eigenvalue weighted by Crippen LogP contribution is 2.37. The van der Waals surface area contributed by atoms with Crippen LogP contribution in [0.25, 0.3) is 0 Å². The van der Waals surface area contributed by atoms with E-state index in [-0.39, 0.29) is 5.04 Å². The lowest BCUT2D eigenvalue weighted by atomic mass is 10.1. The molecule has 1 N–H and O–H groups in total. The van der Waals surface area contributed by atoms with E-state index in [2.05, 4.69) is 80.2 Å². The first-order chi connectivity index (χ1) is 12.7. The molecule has 1 aromatic carbocycles. The summed E-state index contributed by atoms with van der Waals surface area (Å²) >= 11 is 0. The number of benzene rings is 1. The van der Waals surface area contributed by atoms with Crippen molar-refractivity contribution >= 4 is 19.7 Å². The van der Waals surface area contributed by atoms with Crippen molar-refractivity contribution in [3.05, 3.63) is 36.2 Å². The van der Waals surface area contributed by atoms with Crippen molar-refractivity contribution in [2.75, 3.05) is 18.5 Å². The molecule has 0 aliphatic carbocycles. The Kier molecular flexibility index (Phi) is 5.67. The quantitative estimate of drug-likeness (QED) is 0.671. The second kappa shape index (κ2) is 7.68. The average Bonchev–Trinajstić information content (AvgIpc) is 2.97. The highest BCUT2D eigenvalue weighted by Gasteiger charge is 2.38. The highest BCUT2D eigenvalue weighted by molar-refractivity contribution is 6.74. The van der Waals surface area contributed by atoms with Crippen LogP contribution in [-0.2, 0) is 4.74 Å². The molecule has 0 bridgehead atoms. The van der Waals surface area contributed by atoms with Crippen molar-refractivity contribution in [1.82, 2.24) is 9.78 Å². The Bertz CT molecular complexity index is 757. The van der Waals surface area contributed by atoms with Gasteiger partial charge >= 0.3 is 0 Å². The van der Waals surface area contributed by atoms with E-state index >= 15 is 0 Å². The average molecular weight is 388 g/mol. The molecule has 2 heterocycles. The van der Waals surface area contributed by atoms with Crippen molar-refractivity contribution in [2.24, 2.45) is 0 Å². The Hall–Kier alpha value is -1.79. The molecular weight excluding hydrogens is 354 g/mol. The Balaban J connectivity index is 1.68. The standard InChI is InChI=1S/C21H33N3O2Si/c1-16-20(15-22-24(16)18-11-13-25-14-12-18)23-17-7-9-19(10-8-17)26-27(5,6)21(2,3)4/h7-10,15,18,23H,11-14H2,1-6H3. The summed E-state index contributed by atoms with van der Waals surface area (Å²) in [6.07, 6.45) is 3.98. The number of rotatable bonds is 5. The van der Waals surface area contributed by atoms with Gasteiger partial charge < -0.3 is 14.5 Å². The van der Waals surface area contributed by atoms with Crippen LogP contribution in [0.5, 0.6) is 5.75 Å². The molecule has 1 aromatic heterocycles. The van der Waals surface area contributed by atoms with Crippen LogP contribution in [0.4, 0.5) is 11.4 Å². The number of hydrogen-bond donors (Lipinski definition) is 1. The molecule has 0 saturated carbocycles. The smallest absolute Gasteiger partial charge is 0.250 e. The fraction of sp³-hybridized carbons (Fsp3) is 0.571. The summed E-state index contributed by atoms with van der Waals surface area (Å²) in [6.45, 7) is 15.1. The van der Waals surface area contributed by atoms with Gasteiger partial charge in [-0.3, -0.25) is 4.68 Å². The lowest BCUT2D eigenvalue weighted by Crippen LogP contribution is -2.43. The van der Waals surface area contributed by atoms with Gasteiger partial charge in [-0.1, -0.05) is 20.8 Å². The van der Waals surface area contributed by atoms with E-state index in [0.29, 0.717) is 6.04 Å². The molecule has 1 saturated heterocycles. The summed E-state index contributed by atoms with van der Waals surface area (Å²) < 4.78 is 14.0. The topological polar surface area (TPSA) is 48.3 Å². The predicted octanol–water partition coefficient (Wildman–Crippen LogP) is 5.67. The molecule has 0 spiro atoms. The summed E-state index contributed by atoms with van der Waals surface area (Å²) in [5, 5.41) is 8.30. The molecule has 148 valence electrons. The van der Waals surface area contributed by atoms with E-state index in [9.17, 15) is 0 Å². The summed E-state index contributed by atoms with van der Waals surface area (Å²) in [6, 6.07) is 8.71. The lowest BCUT2D eigenvalue weighted by Gasteiger charge is -2.36. The predicted molar refractivity (Wildman–Crippen MR) is 114 cm³/mol. The summed E-state index contributed by atoms with van der Waals surface area (Å²) in [4.78, 5) is 0. The lowest BCUT2D eigenvalue weighted by molar-refractivity contribution is 0.0657. The van der Waals surface area contributed by atoms with E-state index < -0.39 is 8.32 Å². The molecule has 3 rings (SSSR count). The number of hydrogen-bond acceptors (Lipinski definition) is 4. The van der Waals surface area contributed by atoms with E-state index in [4.69, 9.17) is 9.16 Å². The SMILES string of the molecule is Cc1c(Nc2ccc(O[Si](C)(C)C(C)(C)C)cc2)cnn1C1CCOCC1. The Morgan fingerprint density at radius 2 is 1.78 bits per heavy atom. The monoisotopic (exact) mass is 387 g/mol. The van der Waals surface area contributed by atoms with Gasteiger partial charge in [0.2, 0.25) is 8.32 Å². The van der Waals surface area contributed by atoms with Crippen molar-refractivity contribution in [2.45, 2.75) is 64.7 Å². The molecule has 1 aliphatic heterocycles. The van der Waals surface area contributed by atoms with Gasteiger partial charge in [0, 0.05) is 18.9 Å². The van der Waals surface area contributed by atoms with Gasteiger partial charge in [0.25, 0.3) is 0 Å². The molecule has 0 radical (unpaired) electrons. The van der Waals surface area contributed by atoms with Gasteiger partial charge in [-0.15, -0.1) is 0 Å². The minimum Gasteiger partial charge on any atom is -0.544 e. The van der Waals surface area contributed by atoms with Gasteiger partial charge in [-0.25, -0.2) is 0 Å². The van der Waals surface area contributed by atoms with Crippen LogP contribution < -0.4 is 9.74 Å². The Labute approximate surface area is 164 Å². The van der Waals surface area contributed by atoms with Crippen molar-refractivity contribution in [3.8, 4) is 5.75 Å². The maximum absolute atomic E-state index is 6.36. The van der Waals surface area contributed by atoms with Gasteiger partial charge in [0.15, 0.2) is 0 Å². The zero-order valence-electron chi connectivity index (χ0n) is 17.5. The molecule has 1 aliphatic rings. The zero-order chi connectivity index (χ0) is 19.7. The van der Waals surface area contributed by atoms with Crippen molar-refractivity contribution in [1.29, 1.82) is 0 Å². The highest BCUT2D eigenvalue weighted by atomic mass is 28.4. The van der Waals surface area contributed by atoms with Crippen molar-refractivity contribution < 1.29 is 9.16 Å². The summed E-state index contributed by atoms with van der Waals surface area (Å²) in [5.74, 6) is 0.946. The van der Waals surface area contributed by atoms with Crippen LogP contribution in [0.3, 0.4) is 0 Å². The molecule has 0 amide bonds. The molecule has 5 nitrogen and oxygen atoms in total. The third-order valence-corrected chi connectivity index (χ3v) is 10.3. The Morgan fingerprint density at radius 3 is 2.37 bits per heavy atom. The van der Waals surface area contributed by atoms with E-state index in [1.165, 1.54) is 5.69 Å². The first kappa shape index (κ1) is 20.0. The minimum absolute atomic E-state index is 0.194. The summed E-state index contributed by atoms with van der Waals surface area (Å²) in [5.41, 5.74) is 3.27. The van der Waals surface area contributed by atoms with Crippen LogP contribution in [-0.4, -0.2) is 31.3 Å². The number of nitrogens with one attached hydrogen (secondary N) is 1. The molecule has 1 fully saturated rings. The second-order valence-electron chi connectivity index (χ2n) is 8.94. The zero-order valence-corrected chi connectivity index (χ0v) is 18.5. The van der Waals surface area contributed by atoms with Gasteiger partial charge in [0.05, 0.1) is 23.6 Å². The maximum Gasteiger partial charge on any atom is 0.250 e. The largest absolute Gasteiger partial charge is 0.544 e. The third-order valence-electron chi connectivity index (χ3n) is 5.89. The van der Waals surface area contributed by atoms with Gasteiger partial charge in [-0.05, 0) is 62.2 Å².